The highest BCUT2D eigenvalue weighted by Crippen LogP contribution is 2.18. The van der Waals surface area contributed by atoms with Crippen LogP contribution in [0.5, 0.6) is 0 Å². The quantitative estimate of drug-likeness (QED) is 0.734. The van der Waals surface area contributed by atoms with Gasteiger partial charge in [-0.25, -0.2) is 0 Å². The molecule has 1 heterocycles. The van der Waals surface area contributed by atoms with Crippen LogP contribution in [0, 0.1) is 0 Å². The van der Waals surface area contributed by atoms with Crippen LogP contribution < -0.4 is 11.1 Å². The number of hydrogen-bond acceptors (Lipinski definition) is 7. The number of aliphatic hydroxyl groups is 1. The summed E-state index contributed by atoms with van der Waals surface area (Å²) in [6, 6.07) is 9.54. The Balaban J connectivity index is 2.21. The smallest absolute Gasteiger partial charge is 0.232 e. The second-order valence-corrected chi connectivity index (χ2v) is 4.75. The van der Waals surface area contributed by atoms with E-state index in [1.54, 1.807) is 0 Å². The van der Waals surface area contributed by atoms with Gasteiger partial charge >= 0.3 is 0 Å². The number of benzene rings is 1. The maximum Gasteiger partial charge on any atom is 0.232 e. The van der Waals surface area contributed by atoms with E-state index in [1.807, 2.05) is 49.2 Å². The number of nitrogens with zero attached hydrogens (tertiary/aromatic N) is 4. The molecule has 2 aromatic rings. The minimum Gasteiger partial charge on any atom is -0.395 e. The summed E-state index contributed by atoms with van der Waals surface area (Å²) in [6.45, 7) is 2.57. The third-order valence-electron chi connectivity index (χ3n) is 3.19. The topological polar surface area (TPSA) is 100 Å². The first kappa shape index (κ1) is 15.1. The maximum atomic E-state index is 9.00. The first-order valence-electron chi connectivity index (χ1n) is 6.74. The molecule has 21 heavy (non-hydrogen) atoms. The van der Waals surface area contributed by atoms with Gasteiger partial charge in [0.25, 0.3) is 0 Å². The van der Waals surface area contributed by atoms with Gasteiger partial charge in [-0.3, -0.25) is 4.90 Å². The molecule has 0 bridgehead atoms. The first-order chi connectivity index (χ1) is 10.1. The molecular weight excluding hydrogens is 268 g/mol. The second-order valence-electron chi connectivity index (χ2n) is 4.75. The maximum absolute atomic E-state index is 9.00. The Morgan fingerprint density at radius 1 is 1.24 bits per heavy atom. The van der Waals surface area contributed by atoms with E-state index < -0.39 is 0 Å². The molecule has 0 fully saturated rings. The molecule has 1 aromatic carbocycles. The van der Waals surface area contributed by atoms with Crippen molar-refractivity contribution in [1.82, 2.24) is 19.9 Å². The first-order valence-corrected chi connectivity index (χ1v) is 6.74. The van der Waals surface area contributed by atoms with Crippen LogP contribution in [0.25, 0.3) is 0 Å². The van der Waals surface area contributed by atoms with Crippen LogP contribution in [0.1, 0.15) is 18.8 Å². The van der Waals surface area contributed by atoms with E-state index in [9.17, 15) is 0 Å². The lowest BCUT2D eigenvalue weighted by molar-refractivity contribution is 0.184. The molecule has 0 aliphatic heterocycles. The Hall–Kier alpha value is -2.25. The summed E-state index contributed by atoms with van der Waals surface area (Å²) in [5.41, 5.74) is 6.63. The molecule has 1 atom stereocenters. The van der Waals surface area contributed by atoms with Crippen LogP contribution in [-0.2, 0) is 0 Å². The molecule has 0 amide bonds. The molecule has 0 aliphatic rings. The SMILES string of the molecule is CC(c1nc(N)nc(Nc2ccccc2)n1)N(C)CCO. The zero-order valence-electron chi connectivity index (χ0n) is 12.2. The molecule has 0 radical (unpaired) electrons. The number of nitrogens with one attached hydrogen (secondary N) is 1. The van der Waals surface area contributed by atoms with Crippen molar-refractivity contribution in [3.8, 4) is 0 Å². The fourth-order valence-corrected chi connectivity index (χ4v) is 1.85. The number of likely N-dealkylation sites (N-methyl/N-ethyl adjacent to an activating group) is 1. The minimum atomic E-state index is -0.0706. The van der Waals surface area contributed by atoms with Crippen LogP contribution in [0.4, 0.5) is 17.6 Å². The molecule has 112 valence electrons. The predicted molar refractivity (Wildman–Crippen MR) is 82.1 cm³/mol. The lowest BCUT2D eigenvalue weighted by Gasteiger charge is -2.22. The van der Waals surface area contributed by atoms with Gasteiger partial charge in [-0.1, -0.05) is 18.2 Å². The summed E-state index contributed by atoms with van der Waals surface area (Å²) in [7, 11) is 1.89. The molecule has 2 rings (SSSR count). The van der Waals surface area contributed by atoms with Crippen LogP contribution >= 0.6 is 0 Å². The van der Waals surface area contributed by atoms with Crippen molar-refractivity contribution in [2.24, 2.45) is 0 Å². The van der Waals surface area contributed by atoms with Crippen molar-refractivity contribution in [2.75, 3.05) is 31.2 Å². The Labute approximate surface area is 123 Å². The van der Waals surface area contributed by atoms with Crippen LogP contribution in [0.15, 0.2) is 30.3 Å². The molecule has 1 aromatic heterocycles. The zero-order valence-corrected chi connectivity index (χ0v) is 12.2. The third-order valence-corrected chi connectivity index (χ3v) is 3.19. The van der Waals surface area contributed by atoms with E-state index in [-0.39, 0.29) is 18.6 Å². The second kappa shape index (κ2) is 6.96. The Morgan fingerprint density at radius 3 is 2.62 bits per heavy atom. The predicted octanol–water partition coefficient (Wildman–Crippen LogP) is 1.18. The van der Waals surface area contributed by atoms with Gasteiger partial charge in [0, 0.05) is 12.2 Å². The molecule has 7 nitrogen and oxygen atoms in total. The van der Waals surface area contributed by atoms with E-state index in [1.165, 1.54) is 0 Å². The average molecular weight is 288 g/mol. The monoisotopic (exact) mass is 288 g/mol. The summed E-state index contributed by atoms with van der Waals surface area (Å²) in [6.07, 6.45) is 0. The van der Waals surface area contributed by atoms with Gasteiger partial charge in [0.05, 0.1) is 12.6 Å². The molecular formula is C14H20N6O. The van der Waals surface area contributed by atoms with E-state index in [0.717, 1.165) is 5.69 Å². The highest BCUT2D eigenvalue weighted by atomic mass is 16.3. The van der Waals surface area contributed by atoms with Crippen molar-refractivity contribution < 1.29 is 5.11 Å². The highest BCUT2D eigenvalue weighted by Gasteiger charge is 2.16. The molecule has 0 aliphatic carbocycles. The Morgan fingerprint density at radius 2 is 1.95 bits per heavy atom. The van der Waals surface area contributed by atoms with Crippen molar-refractivity contribution in [3.63, 3.8) is 0 Å². The summed E-state index contributed by atoms with van der Waals surface area (Å²) < 4.78 is 0. The lowest BCUT2D eigenvalue weighted by Crippen LogP contribution is -2.27. The normalized spacial score (nSPS) is 12.4. The molecule has 0 saturated heterocycles. The van der Waals surface area contributed by atoms with Gasteiger partial charge in [-0.05, 0) is 26.1 Å². The van der Waals surface area contributed by atoms with Crippen molar-refractivity contribution in [1.29, 1.82) is 0 Å². The molecule has 0 saturated carbocycles. The van der Waals surface area contributed by atoms with Gasteiger partial charge in [-0.15, -0.1) is 0 Å². The Bertz CT molecular complexity index is 577. The zero-order chi connectivity index (χ0) is 15.2. The number of nitrogen functional groups attached to an aromatic ring is 1. The number of anilines is 3. The molecule has 1 unspecified atom stereocenters. The standard InChI is InChI=1S/C14H20N6O/c1-10(20(2)8-9-21)12-17-13(15)19-14(18-12)16-11-6-4-3-5-7-11/h3-7,10,21H,8-9H2,1-2H3,(H3,15,16,17,18,19). The number of hydrogen-bond donors (Lipinski definition) is 3. The number of para-hydroxylation sites is 1. The van der Waals surface area contributed by atoms with Gasteiger partial charge in [0.2, 0.25) is 11.9 Å². The number of aromatic nitrogens is 3. The largest absolute Gasteiger partial charge is 0.395 e. The van der Waals surface area contributed by atoms with Crippen LogP contribution in [0.2, 0.25) is 0 Å². The van der Waals surface area contributed by atoms with Crippen molar-refractivity contribution in [2.45, 2.75) is 13.0 Å². The summed E-state index contributed by atoms with van der Waals surface area (Å²) in [5, 5.41) is 12.1. The minimum absolute atomic E-state index is 0.0706. The Kier molecular flexibility index (Phi) is 5.02. The van der Waals surface area contributed by atoms with E-state index in [2.05, 4.69) is 20.3 Å². The summed E-state index contributed by atoms with van der Waals surface area (Å²) in [5.74, 6) is 1.15. The van der Waals surface area contributed by atoms with Gasteiger partial charge in [-0.2, -0.15) is 15.0 Å². The number of rotatable bonds is 6. The highest BCUT2D eigenvalue weighted by molar-refractivity contribution is 5.53. The summed E-state index contributed by atoms with van der Waals surface area (Å²) >= 11 is 0. The fourth-order valence-electron chi connectivity index (χ4n) is 1.85. The van der Waals surface area contributed by atoms with E-state index in [0.29, 0.717) is 18.3 Å². The van der Waals surface area contributed by atoms with Gasteiger partial charge in [0.15, 0.2) is 5.82 Å². The van der Waals surface area contributed by atoms with E-state index >= 15 is 0 Å². The third kappa shape index (κ3) is 4.11. The number of nitrogens with two attached hydrogens (primary N) is 1. The van der Waals surface area contributed by atoms with Gasteiger partial charge < -0.3 is 16.2 Å². The van der Waals surface area contributed by atoms with E-state index in [4.69, 9.17) is 10.8 Å². The van der Waals surface area contributed by atoms with Crippen molar-refractivity contribution in [3.05, 3.63) is 36.2 Å². The van der Waals surface area contributed by atoms with Crippen LogP contribution in [0.3, 0.4) is 0 Å². The molecule has 0 spiro atoms. The van der Waals surface area contributed by atoms with Crippen LogP contribution in [-0.4, -0.2) is 45.2 Å². The molecule has 4 N–H and O–H groups in total. The number of aliphatic hydroxyl groups excluding tert-OH is 1. The summed E-state index contributed by atoms with van der Waals surface area (Å²) in [4.78, 5) is 14.6. The lowest BCUT2D eigenvalue weighted by atomic mass is 10.3. The van der Waals surface area contributed by atoms with Gasteiger partial charge in [0.1, 0.15) is 0 Å². The molecule has 7 heteroatoms. The average Bonchev–Trinajstić information content (AvgIpc) is 2.47. The van der Waals surface area contributed by atoms with Crippen molar-refractivity contribution >= 4 is 17.6 Å². The fraction of sp³-hybridized carbons (Fsp3) is 0.357.